The molecule has 0 spiro atoms. The highest BCUT2D eigenvalue weighted by molar-refractivity contribution is 7.91. The third-order valence-corrected chi connectivity index (χ3v) is 5.85. The predicted octanol–water partition coefficient (Wildman–Crippen LogP) is 1.93. The highest BCUT2D eigenvalue weighted by atomic mass is 32.2. The highest BCUT2D eigenvalue weighted by Crippen LogP contribution is 2.36. The molecular weight excluding hydrogens is 276 g/mol. The zero-order valence-electron chi connectivity index (χ0n) is 12.2. The number of nitrogens with zero attached hydrogens (tertiary/aromatic N) is 2. The number of aliphatic hydroxyl groups excluding tert-OH is 1. The quantitative estimate of drug-likeness (QED) is 0.902. The van der Waals surface area contributed by atoms with Crippen molar-refractivity contribution in [3.8, 4) is 0 Å². The fraction of sp³-hybridized carbons (Fsp3) is 0.786. The van der Waals surface area contributed by atoms with Crippen molar-refractivity contribution in [2.45, 2.75) is 56.9 Å². The standard InChI is InChI=1S/C14H24N2O3S/c1-3-9-16-13(7-8-15-16)14(17)11-5-4-6-12(10-11)20(2,18)19/h7-8,11-12,14,17H,3-6,9-10H2,1-2H3. The number of hydrogen-bond donors (Lipinski definition) is 1. The Balaban J connectivity index is 2.12. The molecule has 1 aromatic heterocycles. The fourth-order valence-corrected chi connectivity index (χ4v) is 4.28. The summed E-state index contributed by atoms with van der Waals surface area (Å²) in [4.78, 5) is 0. The highest BCUT2D eigenvalue weighted by Gasteiger charge is 2.33. The van der Waals surface area contributed by atoms with Gasteiger partial charge in [0, 0.05) is 19.0 Å². The normalized spacial score (nSPS) is 25.6. The van der Waals surface area contributed by atoms with Gasteiger partial charge in [0.1, 0.15) is 9.84 Å². The smallest absolute Gasteiger partial charge is 0.150 e. The number of aliphatic hydroxyl groups is 1. The molecule has 0 bridgehead atoms. The lowest BCUT2D eigenvalue weighted by atomic mass is 9.84. The average Bonchev–Trinajstić information content (AvgIpc) is 2.86. The van der Waals surface area contributed by atoms with Crippen molar-refractivity contribution in [1.82, 2.24) is 9.78 Å². The number of rotatable bonds is 5. The molecule has 114 valence electrons. The topological polar surface area (TPSA) is 72.2 Å². The van der Waals surface area contributed by atoms with Crippen LogP contribution in [0.25, 0.3) is 0 Å². The van der Waals surface area contributed by atoms with E-state index in [2.05, 4.69) is 12.0 Å². The molecule has 5 nitrogen and oxygen atoms in total. The molecule has 20 heavy (non-hydrogen) atoms. The second-order valence-electron chi connectivity index (χ2n) is 5.80. The Morgan fingerprint density at radius 2 is 2.25 bits per heavy atom. The van der Waals surface area contributed by atoms with Gasteiger partial charge in [-0.05, 0) is 37.7 Å². The number of aromatic nitrogens is 2. The fourth-order valence-electron chi connectivity index (χ4n) is 3.09. The van der Waals surface area contributed by atoms with Crippen LogP contribution >= 0.6 is 0 Å². The minimum Gasteiger partial charge on any atom is -0.387 e. The Bertz CT molecular complexity index is 538. The van der Waals surface area contributed by atoms with E-state index in [0.717, 1.165) is 37.9 Å². The summed E-state index contributed by atoms with van der Waals surface area (Å²) >= 11 is 0. The van der Waals surface area contributed by atoms with Gasteiger partial charge < -0.3 is 5.11 Å². The summed E-state index contributed by atoms with van der Waals surface area (Å²) in [5.74, 6) is 0.00998. The molecule has 2 rings (SSSR count). The van der Waals surface area contributed by atoms with Gasteiger partial charge in [0.2, 0.25) is 0 Å². The Kier molecular flexibility index (Phi) is 4.86. The summed E-state index contributed by atoms with van der Waals surface area (Å²) in [6.45, 7) is 2.85. The maximum atomic E-state index is 11.7. The molecule has 0 aliphatic heterocycles. The van der Waals surface area contributed by atoms with Crippen LogP contribution in [0.15, 0.2) is 12.3 Å². The van der Waals surface area contributed by atoms with Crippen LogP contribution in [0, 0.1) is 5.92 Å². The van der Waals surface area contributed by atoms with Crippen molar-refractivity contribution in [2.24, 2.45) is 5.92 Å². The molecule has 1 aliphatic carbocycles. The largest absolute Gasteiger partial charge is 0.387 e. The van der Waals surface area contributed by atoms with Gasteiger partial charge in [-0.25, -0.2) is 8.42 Å². The minimum absolute atomic E-state index is 0.00998. The van der Waals surface area contributed by atoms with Crippen molar-refractivity contribution in [2.75, 3.05) is 6.26 Å². The van der Waals surface area contributed by atoms with Gasteiger partial charge >= 0.3 is 0 Å². The molecular formula is C14H24N2O3S. The van der Waals surface area contributed by atoms with E-state index in [9.17, 15) is 13.5 Å². The van der Waals surface area contributed by atoms with Crippen molar-refractivity contribution in [1.29, 1.82) is 0 Å². The molecule has 0 amide bonds. The third-order valence-electron chi connectivity index (χ3n) is 4.21. The van der Waals surface area contributed by atoms with E-state index < -0.39 is 15.9 Å². The predicted molar refractivity (Wildman–Crippen MR) is 78.1 cm³/mol. The van der Waals surface area contributed by atoms with Crippen LogP contribution in [0.5, 0.6) is 0 Å². The second kappa shape index (κ2) is 6.26. The second-order valence-corrected chi connectivity index (χ2v) is 8.13. The summed E-state index contributed by atoms with van der Waals surface area (Å²) in [5.41, 5.74) is 0.811. The minimum atomic E-state index is -3.02. The van der Waals surface area contributed by atoms with E-state index in [1.807, 2.05) is 10.7 Å². The molecule has 1 heterocycles. The monoisotopic (exact) mass is 300 g/mol. The lowest BCUT2D eigenvalue weighted by Gasteiger charge is -2.31. The van der Waals surface area contributed by atoms with Crippen LogP contribution < -0.4 is 0 Å². The van der Waals surface area contributed by atoms with Gasteiger partial charge in [-0.15, -0.1) is 0 Å². The third kappa shape index (κ3) is 3.41. The molecule has 3 atom stereocenters. The first-order chi connectivity index (χ1) is 9.43. The molecule has 0 saturated heterocycles. The van der Waals surface area contributed by atoms with Crippen LogP contribution in [-0.2, 0) is 16.4 Å². The van der Waals surface area contributed by atoms with Crippen molar-refractivity contribution in [3.05, 3.63) is 18.0 Å². The van der Waals surface area contributed by atoms with Crippen molar-refractivity contribution in [3.63, 3.8) is 0 Å². The number of aryl methyl sites for hydroxylation is 1. The Morgan fingerprint density at radius 3 is 2.90 bits per heavy atom. The first-order valence-electron chi connectivity index (χ1n) is 7.32. The zero-order valence-corrected chi connectivity index (χ0v) is 13.0. The Labute approximate surface area is 120 Å². The SMILES string of the molecule is CCCn1nccc1C(O)C1CCCC(S(C)(=O)=O)C1. The van der Waals surface area contributed by atoms with Gasteiger partial charge in [0.15, 0.2) is 0 Å². The van der Waals surface area contributed by atoms with Gasteiger partial charge in [0.25, 0.3) is 0 Å². The lowest BCUT2D eigenvalue weighted by Crippen LogP contribution is -2.30. The molecule has 1 aromatic rings. The van der Waals surface area contributed by atoms with Crippen molar-refractivity contribution < 1.29 is 13.5 Å². The maximum absolute atomic E-state index is 11.7. The lowest BCUT2D eigenvalue weighted by molar-refractivity contribution is 0.0774. The van der Waals surface area contributed by atoms with Gasteiger partial charge in [-0.3, -0.25) is 4.68 Å². The first-order valence-corrected chi connectivity index (χ1v) is 9.27. The molecule has 0 radical (unpaired) electrons. The maximum Gasteiger partial charge on any atom is 0.150 e. The average molecular weight is 300 g/mol. The molecule has 1 fully saturated rings. The van der Waals surface area contributed by atoms with Gasteiger partial charge in [-0.1, -0.05) is 13.3 Å². The summed E-state index contributed by atoms with van der Waals surface area (Å²) in [6, 6.07) is 1.84. The summed E-state index contributed by atoms with van der Waals surface area (Å²) in [5, 5.41) is 14.5. The first kappa shape index (κ1) is 15.5. The van der Waals surface area contributed by atoms with Gasteiger partial charge in [0.05, 0.1) is 17.0 Å². The van der Waals surface area contributed by atoms with Gasteiger partial charge in [-0.2, -0.15) is 5.10 Å². The van der Waals surface area contributed by atoms with E-state index in [-0.39, 0.29) is 11.2 Å². The van der Waals surface area contributed by atoms with Crippen LogP contribution in [0.2, 0.25) is 0 Å². The molecule has 1 N–H and O–H groups in total. The van der Waals surface area contributed by atoms with Crippen LogP contribution in [0.4, 0.5) is 0 Å². The molecule has 3 unspecified atom stereocenters. The van der Waals surface area contributed by atoms with Crippen LogP contribution in [-0.4, -0.2) is 34.8 Å². The zero-order chi connectivity index (χ0) is 14.8. The van der Waals surface area contributed by atoms with E-state index in [0.29, 0.717) is 6.42 Å². The summed E-state index contributed by atoms with van der Waals surface area (Å²) < 4.78 is 25.3. The molecule has 1 aliphatic rings. The van der Waals surface area contributed by atoms with Crippen molar-refractivity contribution >= 4 is 9.84 Å². The Morgan fingerprint density at radius 1 is 1.50 bits per heavy atom. The van der Waals surface area contributed by atoms with E-state index in [4.69, 9.17) is 0 Å². The van der Waals surface area contributed by atoms with Crippen LogP contribution in [0.1, 0.15) is 50.8 Å². The van der Waals surface area contributed by atoms with E-state index in [1.54, 1.807) is 6.20 Å². The van der Waals surface area contributed by atoms with Crippen LogP contribution in [0.3, 0.4) is 0 Å². The number of hydrogen-bond acceptors (Lipinski definition) is 4. The van der Waals surface area contributed by atoms with E-state index >= 15 is 0 Å². The molecule has 6 heteroatoms. The Hall–Kier alpha value is -0.880. The number of sulfone groups is 1. The molecule has 1 saturated carbocycles. The summed E-state index contributed by atoms with van der Waals surface area (Å²) in [7, 11) is -3.02. The summed E-state index contributed by atoms with van der Waals surface area (Å²) in [6.07, 6.45) is 6.35. The van der Waals surface area contributed by atoms with E-state index in [1.165, 1.54) is 6.26 Å². The molecule has 0 aromatic carbocycles.